The van der Waals surface area contributed by atoms with E-state index in [2.05, 4.69) is 20.8 Å². The molecule has 2 amide bonds. The molecule has 2 aromatic carbocycles. The summed E-state index contributed by atoms with van der Waals surface area (Å²) in [5.41, 5.74) is 2.61. The fourth-order valence-electron chi connectivity index (χ4n) is 3.12. The summed E-state index contributed by atoms with van der Waals surface area (Å²) in [6.45, 7) is 3.80. The molecule has 0 aliphatic carbocycles. The smallest absolute Gasteiger partial charge is 0.243 e. The van der Waals surface area contributed by atoms with E-state index in [1.807, 2.05) is 55.5 Å². The number of aromatic nitrogens is 2. The number of aryl methyl sites for hydroxylation is 1. The third kappa shape index (κ3) is 6.69. The van der Waals surface area contributed by atoms with Crippen molar-refractivity contribution in [1.82, 2.24) is 15.1 Å². The molecule has 0 saturated heterocycles. The van der Waals surface area contributed by atoms with E-state index in [4.69, 9.17) is 4.74 Å². The van der Waals surface area contributed by atoms with Crippen LogP contribution >= 0.6 is 23.1 Å². The maximum absolute atomic E-state index is 12.8. The molecule has 1 heterocycles. The van der Waals surface area contributed by atoms with Gasteiger partial charge in [0.1, 0.15) is 5.75 Å². The number of ether oxygens (including phenoxy) is 1. The van der Waals surface area contributed by atoms with Crippen molar-refractivity contribution in [3.63, 3.8) is 0 Å². The van der Waals surface area contributed by atoms with Crippen LogP contribution in [0.2, 0.25) is 0 Å². The molecule has 0 aliphatic rings. The Morgan fingerprint density at radius 1 is 1.12 bits per heavy atom. The maximum atomic E-state index is 12.8. The fraction of sp³-hybridized carbons (Fsp3) is 0.304. The second kappa shape index (κ2) is 11.7. The summed E-state index contributed by atoms with van der Waals surface area (Å²) in [6, 6.07) is 15.2. The van der Waals surface area contributed by atoms with Crippen LogP contribution in [0.4, 0.5) is 16.5 Å². The van der Waals surface area contributed by atoms with Crippen molar-refractivity contribution in [2.45, 2.75) is 29.9 Å². The number of carbonyl (C=O) groups excluding carboxylic acids is 2. The molecule has 0 unspecified atom stereocenters. The van der Waals surface area contributed by atoms with Gasteiger partial charge < -0.3 is 20.3 Å². The van der Waals surface area contributed by atoms with Gasteiger partial charge in [-0.05, 0) is 37.1 Å². The average Bonchev–Trinajstić information content (AvgIpc) is 3.25. The standard InChI is InChI=1S/C23H27N5O3S2/c1-5-16-10-6-7-11-17(16)24-20(29)14-28(3)21(30)15(2)32-23-27-26-22(33-23)25-18-12-8-9-13-19(18)31-4/h6-13,15H,5,14H2,1-4H3,(H,24,29)(H,25,26)/t15-/m1/s1. The summed E-state index contributed by atoms with van der Waals surface area (Å²) in [5.74, 6) is 0.309. The Morgan fingerprint density at radius 3 is 2.55 bits per heavy atom. The molecule has 0 fully saturated rings. The van der Waals surface area contributed by atoms with Gasteiger partial charge in [0.15, 0.2) is 4.34 Å². The third-order valence-electron chi connectivity index (χ3n) is 4.81. The predicted octanol–water partition coefficient (Wildman–Crippen LogP) is 4.43. The molecule has 174 valence electrons. The van der Waals surface area contributed by atoms with E-state index in [-0.39, 0.29) is 18.4 Å². The lowest BCUT2D eigenvalue weighted by Crippen LogP contribution is -2.39. The Hall–Kier alpha value is -3.11. The molecule has 0 radical (unpaired) electrons. The molecule has 3 aromatic rings. The number of methoxy groups -OCH3 is 1. The van der Waals surface area contributed by atoms with Crippen molar-refractivity contribution >= 4 is 51.4 Å². The van der Waals surface area contributed by atoms with E-state index in [9.17, 15) is 9.59 Å². The van der Waals surface area contributed by atoms with Crippen molar-refractivity contribution in [3.05, 3.63) is 54.1 Å². The van der Waals surface area contributed by atoms with E-state index in [0.29, 0.717) is 15.2 Å². The summed E-state index contributed by atoms with van der Waals surface area (Å²) in [7, 11) is 3.23. The largest absolute Gasteiger partial charge is 0.495 e. The number of anilines is 3. The first-order valence-electron chi connectivity index (χ1n) is 10.4. The van der Waals surface area contributed by atoms with Gasteiger partial charge in [-0.2, -0.15) is 0 Å². The van der Waals surface area contributed by atoms with E-state index in [1.54, 1.807) is 21.1 Å². The molecular formula is C23H27N5O3S2. The zero-order valence-electron chi connectivity index (χ0n) is 19.0. The molecule has 0 aliphatic heterocycles. The highest BCUT2D eigenvalue weighted by atomic mass is 32.2. The number of benzene rings is 2. The summed E-state index contributed by atoms with van der Waals surface area (Å²) >= 11 is 2.66. The molecule has 3 rings (SSSR count). The lowest BCUT2D eigenvalue weighted by atomic mass is 10.1. The van der Waals surface area contributed by atoms with Crippen LogP contribution in [0.3, 0.4) is 0 Å². The SMILES string of the molecule is CCc1ccccc1NC(=O)CN(C)C(=O)[C@@H](C)Sc1nnc(Nc2ccccc2OC)s1. The van der Waals surface area contributed by atoms with Crippen LogP contribution in [0.5, 0.6) is 5.75 Å². The average molecular weight is 486 g/mol. The normalized spacial score (nSPS) is 11.5. The molecule has 33 heavy (non-hydrogen) atoms. The van der Waals surface area contributed by atoms with Gasteiger partial charge in [0, 0.05) is 12.7 Å². The molecule has 2 N–H and O–H groups in total. The number of para-hydroxylation sites is 3. The lowest BCUT2D eigenvalue weighted by molar-refractivity contribution is -0.132. The number of rotatable bonds is 10. The zero-order chi connectivity index (χ0) is 23.8. The van der Waals surface area contributed by atoms with Crippen LogP contribution in [-0.2, 0) is 16.0 Å². The second-order valence-electron chi connectivity index (χ2n) is 7.21. The summed E-state index contributed by atoms with van der Waals surface area (Å²) in [6.07, 6.45) is 0.814. The van der Waals surface area contributed by atoms with Crippen LogP contribution in [-0.4, -0.2) is 52.9 Å². The maximum Gasteiger partial charge on any atom is 0.243 e. The number of carbonyl (C=O) groups is 2. The quantitative estimate of drug-likeness (QED) is 0.410. The molecule has 1 atom stereocenters. The van der Waals surface area contributed by atoms with Crippen LogP contribution < -0.4 is 15.4 Å². The Morgan fingerprint density at radius 2 is 1.82 bits per heavy atom. The Labute approximate surface area is 201 Å². The minimum atomic E-state index is -0.419. The molecular weight excluding hydrogens is 458 g/mol. The Kier molecular flexibility index (Phi) is 8.67. The number of hydrogen-bond acceptors (Lipinski definition) is 8. The molecule has 0 spiro atoms. The predicted molar refractivity (Wildman–Crippen MR) is 134 cm³/mol. The van der Waals surface area contributed by atoms with Crippen molar-refractivity contribution in [2.24, 2.45) is 0 Å². The molecule has 0 bridgehead atoms. The van der Waals surface area contributed by atoms with Crippen molar-refractivity contribution < 1.29 is 14.3 Å². The topological polar surface area (TPSA) is 96.5 Å². The highest BCUT2D eigenvalue weighted by Crippen LogP contribution is 2.33. The third-order valence-corrected chi connectivity index (χ3v) is 6.82. The lowest BCUT2D eigenvalue weighted by Gasteiger charge is -2.20. The van der Waals surface area contributed by atoms with Crippen molar-refractivity contribution in [3.8, 4) is 5.75 Å². The number of hydrogen-bond donors (Lipinski definition) is 2. The first kappa shape index (κ1) is 24.5. The minimum Gasteiger partial charge on any atom is -0.495 e. The number of likely N-dealkylation sites (N-methyl/N-ethyl adjacent to an activating group) is 1. The monoisotopic (exact) mass is 485 g/mol. The summed E-state index contributed by atoms with van der Waals surface area (Å²) in [4.78, 5) is 26.7. The van der Waals surface area contributed by atoms with Crippen LogP contribution in [0, 0.1) is 0 Å². The first-order chi connectivity index (χ1) is 15.9. The molecule has 0 saturated carbocycles. The van der Waals surface area contributed by atoms with E-state index >= 15 is 0 Å². The van der Waals surface area contributed by atoms with Crippen molar-refractivity contribution in [2.75, 3.05) is 31.3 Å². The second-order valence-corrected chi connectivity index (χ2v) is 9.78. The van der Waals surface area contributed by atoms with Gasteiger partial charge in [0.2, 0.25) is 16.9 Å². The number of thioether (sulfide) groups is 1. The van der Waals surface area contributed by atoms with Crippen LogP contribution in [0.15, 0.2) is 52.9 Å². The zero-order valence-corrected chi connectivity index (χ0v) is 20.6. The highest BCUT2D eigenvalue weighted by Gasteiger charge is 2.22. The van der Waals surface area contributed by atoms with Gasteiger partial charge >= 0.3 is 0 Å². The fourth-order valence-corrected chi connectivity index (χ4v) is 5.14. The van der Waals surface area contributed by atoms with Gasteiger partial charge in [-0.3, -0.25) is 9.59 Å². The minimum absolute atomic E-state index is 0.0293. The summed E-state index contributed by atoms with van der Waals surface area (Å²) < 4.78 is 5.99. The van der Waals surface area contributed by atoms with Gasteiger partial charge in [-0.25, -0.2) is 0 Å². The van der Waals surface area contributed by atoms with Gasteiger partial charge in [-0.1, -0.05) is 60.4 Å². The molecule has 1 aromatic heterocycles. The van der Waals surface area contributed by atoms with Crippen molar-refractivity contribution in [1.29, 1.82) is 0 Å². The van der Waals surface area contributed by atoms with Crippen LogP contribution in [0.1, 0.15) is 19.4 Å². The first-order valence-corrected chi connectivity index (χ1v) is 12.1. The van der Waals surface area contributed by atoms with Gasteiger partial charge in [0.05, 0.1) is 24.6 Å². The number of nitrogens with one attached hydrogen (secondary N) is 2. The van der Waals surface area contributed by atoms with E-state index in [1.165, 1.54) is 28.0 Å². The Balaban J connectivity index is 1.54. The van der Waals surface area contributed by atoms with E-state index in [0.717, 1.165) is 23.4 Å². The summed E-state index contributed by atoms with van der Waals surface area (Å²) in [5, 5.41) is 14.6. The highest BCUT2D eigenvalue weighted by molar-refractivity contribution is 8.02. The van der Waals surface area contributed by atoms with E-state index < -0.39 is 5.25 Å². The van der Waals surface area contributed by atoms with Gasteiger partial charge in [-0.15, -0.1) is 10.2 Å². The molecule has 8 nitrogen and oxygen atoms in total. The number of amides is 2. The molecule has 10 heteroatoms. The van der Waals surface area contributed by atoms with Crippen LogP contribution in [0.25, 0.3) is 0 Å². The van der Waals surface area contributed by atoms with Gasteiger partial charge in [0.25, 0.3) is 0 Å². The Bertz CT molecular complexity index is 1100. The number of nitrogens with zero attached hydrogens (tertiary/aromatic N) is 3.